The van der Waals surface area contributed by atoms with Crippen molar-refractivity contribution in [2.24, 2.45) is 7.05 Å². The molecule has 0 aliphatic heterocycles. The first-order valence-corrected chi connectivity index (χ1v) is 9.69. The van der Waals surface area contributed by atoms with E-state index in [2.05, 4.69) is 15.5 Å². The van der Waals surface area contributed by atoms with E-state index in [4.69, 9.17) is 0 Å². The van der Waals surface area contributed by atoms with Crippen LogP contribution in [0.5, 0.6) is 0 Å². The third-order valence-corrected chi connectivity index (χ3v) is 5.51. The number of amides is 1. The lowest BCUT2D eigenvalue weighted by molar-refractivity contribution is -0.119. The van der Waals surface area contributed by atoms with Crippen LogP contribution in [0.3, 0.4) is 0 Å². The Morgan fingerprint density at radius 1 is 1.20 bits per heavy atom. The van der Waals surface area contributed by atoms with Gasteiger partial charge in [-0.3, -0.25) is 4.79 Å². The van der Waals surface area contributed by atoms with E-state index in [1.807, 2.05) is 11.6 Å². The summed E-state index contributed by atoms with van der Waals surface area (Å²) in [7, 11) is 1.85. The van der Waals surface area contributed by atoms with Crippen molar-refractivity contribution in [2.75, 3.05) is 5.75 Å². The summed E-state index contributed by atoms with van der Waals surface area (Å²) in [5.74, 6) is 0.747. The van der Waals surface area contributed by atoms with Gasteiger partial charge in [0.1, 0.15) is 5.82 Å². The van der Waals surface area contributed by atoms with Crippen LogP contribution in [0.15, 0.2) is 29.4 Å². The minimum atomic E-state index is -0.282. The molecule has 1 aromatic heterocycles. The molecule has 1 saturated carbocycles. The van der Waals surface area contributed by atoms with Crippen molar-refractivity contribution < 1.29 is 9.18 Å². The van der Waals surface area contributed by atoms with E-state index in [-0.39, 0.29) is 11.7 Å². The second kappa shape index (κ2) is 8.47. The van der Waals surface area contributed by atoms with Crippen molar-refractivity contribution in [3.63, 3.8) is 0 Å². The van der Waals surface area contributed by atoms with E-state index in [9.17, 15) is 9.18 Å². The average Bonchev–Trinajstić information content (AvgIpc) is 2.80. The Labute approximate surface area is 151 Å². The molecule has 5 nitrogen and oxygen atoms in total. The van der Waals surface area contributed by atoms with Gasteiger partial charge < -0.3 is 9.88 Å². The van der Waals surface area contributed by atoms with Gasteiger partial charge in [-0.05, 0) is 37.1 Å². The summed E-state index contributed by atoms with van der Waals surface area (Å²) in [6.45, 7) is 0. The normalized spacial score (nSPS) is 15.8. The molecule has 25 heavy (non-hydrogen) atoms. The fraction of sp³-hybridized carbons (Fsp3) is 0.500. The maximum atomic E-state index is 13.0. The molecule has 3 rings (SSSR count). The van der Waals surface area contributed by atoms with Gasteiger partial charge in [-0.1, -0.05) is 37.4 Å². The van der Waals surface area contributed by atoms with Crippen LogP contribution >= 0.6 is 11.8 Å². The molecule has 0 atom stereocenters. The second-order valence-electron chi connectivity index (χ2n) is 6.42. The highest BCUT2D eigenvalue weighted by atomic mass is 32.2. The Hall–Kier alpha value is -1.89. The van der Waals surface area contributed by atoms with Gasteiger partial charge in [-0.25, -0.2) is 4.39 Å². The SMILES string of the molecule is Cn1c(SCC(=O)NC2CCCCCC2)nnc1-c1ccc(F)cc1. The van der Waals surface area contributed by atoms with Crippen molar-refractivity contribution in [1.82, 2.24) is 20.1 Å². The number of carbonyl (C=O) groups excluding carboxylic acids is 1. The summed E-state index contributed by atoms with van der Waals surface area (Å²) < 4.78 is 14.9. The lowest BCUT2D eigenvalue weighted by Crippen LogP contribution is -2.35. The number of rotatable bonds is 5. The third kappa shape index (κ3) is 4.81. The molecule has 1 aliphatic carbocycles. The van der Waals surface area contributed by atoms with Gasteiger partial charge in [0, 0.05) is 18.7 Å². The molecule has 0 spiro atoms. The fourth-order valence-corrected chi connectivity index (χ4v) is 3.84. The molecule has 134 valence electrons. The van der Waals surface area contributed by atoms with Crippen LogP contribution in [-0.4, -0.2) is 32.5 Å². The number of nitrogens with one attached hydrogen (secondary N) is 1. The van der Waals surface area contributed by atoms with Gasteiger partial charge in [-0.15, -0.1) is 10.2 Å². The summed E-state index contributed by atoms with van der Waals surface area (Å²) in [5, 5.41) is 12.1. The molecule has 7 heteroatoms. The van der Waals surface area contributed by atoms with Crippen LogP contribution in [0.25, 0.3) is 11.4 Å². The molecule has 1 aliphatic rings. The largest absolute Gasteiger partial charge is 0.353 e. The molecule has 1 fully saturated rings. The Balaban J connectivity index is 1.56. The van der Waals surface area contributed by atoms with Crippen molar-refractivity contribution >= 4 is 17.7 Å². The molecular formula is C18H23FN4OS. The molecule has 0 saturated heterocycles. The zero-order chi connectivity index (χ0) is 17.6. The monoisotopic (exact) mass is 362 g/mol. The lowest BCUT2D eigenvalue weighted by atomic mass is 10.1. The van der Waals surface area contributed by atoms with Gasteiger partial charge in [0.2, 0.25) is 5.91 Å². The summed E-state index contributed by atoms with van der Waals surface area (Å²) in [6, 6.07) is 6.46. The molecule has 1 heterocycles. The van der Waals surface area contributed by atoms with E-state index in [0.29, 0.717) is 22.8 Å². The van der Waals surface area contributed by atoms with Crippen LogP contribution in [-0.2, 0) is 11.8 Å². The fourth-order valence-electron chi connectivity index (χ4n) is 3.11. The first-order chi connectivity index (χ1) is 12.1. The van der Waals surface area contributed by atoms with Gasteiger partial charge >= 0.3 is 0 Å². The van der Waals surface area contributed by atoms with Crippen LogP contribution < -0.4 is 5.32 Å². The molecule has 1 N–H and O–H groups in total. The number of nitrogens with zero attached hydrogens (tertiary/aromatic N) is 3. The maximum absolute atomic E-state index is 13.0. The highest BCUT2D eigenvalue weighted by molar-refractivity contribution is 7.99. The first kappa shape index (κ1) is 17.9. The summed E-state index contributed by atoms with van der Waals surface area (Å²) in [4.78, 5) is 12.2. The highest BCUT2D eigenvalue weighted by Gasteiger charge is 2.16. The van der Waals surface area contributed by atoms with Crippen molar-refractivity contribution in [3.05, 3.63) is 30.1 Å². The van der Waals surface area contributed by atoms with E-state index in [1.165, 1.54) is 49.6 Å². The second-order valence-corrected chi connectivity index (χ2v) is 7.36. The Morgan fingerprint density at radius 2 is 1.88 bits per heavy atom. The number of aromatic nitrogens is 3. The zero-order valence-corrected chi connectivity index (χ0v) is 15.2. The van der Waals surface area contributed by atoms with E-state index >= 15 is 0 Å². The van der Waals surface area contributed by atoms with Crippen molar-refractivity contribution in [1.29, 1.82) is 0 Å². The van der Waals surface area contributed by atoms with Gasteiger partial charge in [-0.2, -0.15) is 0 Å². The van der Waals surface area contributed by atoms with Crippen LogP contribution in [0.2, 0.25) is 0 Å². The number of carbonyl (C=O) groups is 1. The highest BCUT2D eigenvalue weighted by Crippen LogP contribution is 2.23. The lowest BCUT2D eigenvalue weighted by Gasteiger charge is -2.15. The predicted molar refractivity (Wildman–Crippen MR) is 96.8 cm³/mol. The smallest absolute Gasteiger partial charge is 0.230 e. The molecule has 0 unspecified atom stereocenters. The van der Waals surface area contributed by atoms with E-state index in [1.54, 1.807) is 12.1 Å². The maximum Gasteiger partial charge on any atom is 0.230 e. The minimum Gasteiger partial charge on any atom is -0.353 e. The van der Waals surface area contributed by atoms with Crippen molar-refractivity contribution in [3.8, 4) is 11.4 Å². The first-order valence-electron chi connectivity index (χ1n) is 8.71. The van der Waals surface area contributed by atoms with Crippen molar-refractivity contribution in [2.45, 2.75) is 49.7 Å². The molecule has 0 radical (unpaired) electrons. The molecular weight excluding hydrogens is 339 g/mol. The Bertz CT molecular complexity index is 708. The number of hydrogen-bond donors (Lipinski definition) is 1. The minimum absolute atomic E-state index is 0.0447. The molecule has 1 amide bonds. The van der Waals surface area contributed by atoms with E-state index in [0.717, 1.165) is 18.4 Å². The predicted octanol–water partition coefficient (Wildman–Crippen LogP) is 3.55. The summed E-state index contributed by atoms with van der Waals surface area (Å²) in [5.41, 5.74) is 0.797. The van der Waals surface area contributed by atoms with Gasteiger partial charge in [0.05, 0.1) is 5.75 Å². The Kier molecular flexibility index (Phi) is 6.07. The third-order valence-electron chi connectivity index (χ3n) is 4.49. The molecule has 0 bridgehead atoms. The zero-order valence-electron chi connectivity index (χ0n) is 14.4. The average molecular weight is 362 g/mol. The van der Waals surface area contributed by atoms with Crippen LogP contribution in [0, 0.1) is 5.82 Å². The van der Waals surface area contributed by atoms with E-state index < -0.39 is 0 Å². The topological polar surface area (TPSA) is 59.8 Å². The van der Waals surface area contributed by atoms with Crippen LogP contribution in [0.1, 0.15) is 38.5 Å². The quantitative estimate of drug-likeness (QED) is 0.653. The summed E-state index contributed by atoms with van der Waals surface area (Å²) in [6.07, 6.45) is 7.09. The Morgan fingerprint density at radius 3 is 2.56 bits per heavy atom. The number of halogens is 1. The standard InChI is InChI=1S/C18H23FN4OS/c1-23-17(13-8-10-14(19)11-9-13)21-22-18(23)25-12-16(24)20-15-6-4-2-3-5-7-15/h8-11,15H,2-7,12H2,1H3,(H,20,24). The number of hydrogen-bond acceptors (Lipinski definition) is 4. The van der Waals surface area contributed by atoms with Gasteiger partial charge in [0.15, 0.2) is 11.0 Å². The van der Waals surface area contributed by atoms with Crippen LogP contribution in [0.4, 0.5) is 4.39 Å². The molecule has 1 aromatic carbocycles. The summed E-state index contributed by atoms with van der Waals surface area (Å²) >= 11 is 1.37. The number of thioether (sulfide) groups is 1. The molecule has 2 aromatic rings. The van der Waals surface area contributed by atoms with Gasteiger partial charge in [0.25, 0.3) is 0 Å². The number of benzene rings is 1.